The maximum absolute atomic E-state index is 4.88. The lowest BCUT2D eigenvalue weighted by molar-refractivity contribution is 0.420. The number of rotatable bonds is 3. The standard InChI is InChI=1S/C25H25N/c1-17-7-5-6-10-21(17)25-15-23(22-14-18-11-12-20(22)13-18)24(16-26-25)19-8-3-2-4-9-19/h2-10,15-16,18,20,22H,11-14H2,1H3. The van der Waals surface area contributed by atoms with Crippen LogP contribution in [0.1, 0.15) is 42.7 Å². The Hall–Kier alpha value is -2.41. The van der Waals surface area contributed by atoms with E-state index in [9.17, 15) is 0 Å². The Morgan fingerprint density at radius 2 is 1.65 bits per heavy atom. The number of aromatic nitrogens is 1. The number of pyridine rings is 1. The highest BCUT2D eigenvalue weighted by Gasteiger charge is 2.41. The van der Waals surface area contributed by atoms with E-state index in [2.05, 4.69) is 73.8 Å². The SMILES string of the molecule is Cc1ccccc1-c1cc(C2CC3CCC2C3)c(-c2ccccc2)cn1. The molecule has 3 unspecified atom stereocenters. The van der Waals surface area contributed by atoms with Crippen molar-refractivity contribution in [2.75, 3.05) is 0 Å². The summed E-state index contributed by atoms with van der Waals surface area (Å²) in [7, 11) is 0. The van der Waals surface area contributed by atoms with Gasteiger partial charge in [-0.05, 0) is 66.7 Å². The molecule has 3 aromatic rings. The lowest BCUT2D eigenvalue weighted by atomic mass is 9.80. The molecule has 1 nitrogen and oxygen atoms in total. The van der Waals surface area contributed by atoms with E-state index in [1.165, 1.54) is 53.5 Å². The summed E-state index contributed by atoms with van der Waals surface area (Å²) in [6.07, 6.45) is 7.77. The fourth-order valence-electron chi connectivity index (χ4n) is 5.27. The summed E-state index contributed by atoms with van der Waals surface area (Å²) in [4.78, 5) is 4.88. The van der Waals surface area contributed by atoms with E-state index >= 15 is 0 Å². The topological polar surface area (TPSA) is 12.9 Å². The summed E-state index contributed by atoms with van der Waals surface area (Å²) in [6.45, 7) is 2.18. The number of hydrogen-bond donors (Lipinski definition) is 0. The first-order valence-electron chi connectivity index (χ1n) is 9.91. The number of hydrogen-bond acceptors (Lipinski definition) is 1. The lowest BCUT2D eigenvalue weighted by Gasteiger charge is -2.25. The van der Waals surface area contributed by atoms with Crippen LogP contribution in [-0.2, 0) is 0 Å². The molecule has 2 aromatic carbocycles. The molecule has 3 atom stereocenters. The predicted octanol–water partition coefficient (Wildman–Crippen LogP) is 6.63. The zero-order valence-electron chi connectivity index (χ0n) is 15.4. The molecule has 2 bridgehead atoms. The zero-order chi connectivity index (χ0) is 17.5. The van der Waals surface area contributed by atoms with Gasteiger partial charge >= 0.3 is 0 Å². The van der Waals surface area contributed by atoms with Gasteiger partial charge in [0.05, 0.1) is 5.69 Å². The molecule has 1 aromatic heterocycles. The highest BCUT2D eigenvalue weighted by Crippen LogP contribution is 2.54. The average molecular weight is 339 g/mol. The van der Waals surface area contributed by atoms with Gasteiger partial charge in [-0.1, -0.05) is 61.0 Å². The van der Waals surface area contributed by atoms with E-state index in [1.807, 2.05) is 0 Å². The maximum atomic E-state index is 4.88. The van der Waals surface area contributed by atoms with E-state index in [-0.39, 0.29) is 0 Å². The molecule has 0 N–H and O–H groups in total. The van der Waals surface area contributed by atoms with Gasteiger partial charge in [-0.3, -0.25) is 4.98 Å². The molecule has 2 fully saturated rings. The normalized spacial score (nSPS) is 24.1. The minimum absolute atomic E-state index is 0.703. The van der Waals surface area contributed by atoms with Crippen LogP contribution >= 0.6 is 0 Å². The molecule has 0 radical (unpaired) electrons. The first kappa shape index (κ1) is 15.8. The van der Waals surface area contributed by atoms with E-state index in [1.54, 1.807) is 0 Å². The van der Waals surface area contributed by atoms with Crippen LogP contribution < -0.4 is 0 Å². The molecule has 0 saturated heterocycles. The van der Waals surface area contributed by atoms with Crippen LogP contribution in [0.2, 0.25) is 0 Å². The van der Waals surface area contributed by atoms with Crippen molar-refractivity contribution in [3.63, 3.8) is 0 Å². The average Bonchev–Trinajstić information content (AvgIpc) is 3.32. The number of aryl methyl sites for hydroxylation is 1. The number of benzene rings is 2. The Kier molecular flexibility index (Phi) is 3.89. The Balaban J connectivity index is 1.65. The molecule has 26 heavy (non-hydrogen) atoms. The summed E-state index contributed by atoms with van der Waals surface area (Å²) in [5.74, 6) is 2.52. The highest BCUT2D eigenvalue weighted by atomic mass is 14.7. The van der Waals surface area contributed by atoms with Gasteiger partial charge in [0.25, 0.3) is 0 Å². The monoisotopic (exact) mass is 339 g/mol. The summed E-state index contributed by atoms with van der Waals surface area (Å²) < 4.78 is 0. The Morgan fingerprint density at radius 3 is 2.38 bits per heavy atom. The molecule has 0 amide bonds. The van der Waals surface area contributed by atoms with Crippen molar-refractivity contribution in [2.45, 2.75) is 38.5 Å². The molecular formula is C25H25N. The summed E-state index contributed by atoms with van der Waals surface area (Å²) in [5.41, 5.74) is 7.84. The van der Waals surface area contributed by atoms with Crippen LogP contribution in [0.15, 0.2) is 66.9 Å². The second-order valence-corrected chi connectivity index (χ2v) is 8.12. The van der Waals surface area contributed by atoms with E-state index in [4.69, 9.17) is 4.98 Å². The van der Waals surface area contributed by atoms with Crippen LogP contribution in [0, 0.1) is 18.8 Å². The van der Waals surface area contributed by atoms with Gasteiger partial charge in [0, 0.05) is 17.3 Å². The Bertz CT molecular complexity index is 928. The quantitative estimate of drug-likeness (QED) is 0.522. The van der Waals surface area contributed by atoms with E-state index in [0.29, 0.717) is 5.92 Å². The molecule has 130 valence electrons. The Labute approximate surface area is 156 Å². The fourth-order valence-corrected chi connectivity index (χ4v) is 5.27. The van der Waals surface area contributed by atoms with Gasteiger partial charge < -0.3 is 0 Å². The summed E-state index contributed by atoms with van der Waals surface area (Å²) in [5, 5.41) is 0. The first-order valence-corrected chi connectivity index (χ1v) is 9.91. The highest BCUT2D eigenvalue weighted by molar-refractivity contribution is 5.72. The van der Waals surface area contributed by atoms with Crippen molar-refractivity contribution in [1.29, 1.82) is 0 Å². The fraction of sp³-hybridized carbons (Fsp3) is 0.320. The minimum Gasteiger partial charge on any atom is -0.256 e. The Morgan fingerprint density at radius 1 is 0.846 bits per heavy atom. The van der Waals surface area contributed by atoms with E-state index < -0.39 is 0 Å². The van der Waals surface area contributed by atoms with Crippen LogP contribution in [0.25, 0.3) is 22.4 Å². The second kappa shape index (κ2) is 6.39. The minimum atomic E-state index is 0.703. The predicted molar refractivity (Wildman–Crippen MR) is 108 cm³/mol. The molecule has 1 heterocycles. The van der Waals surface area contributed by atoms with E-state index in [0.717, 1.165) is 17.5 Å². The molecule has 0 spiro atoms. The second-order valence-electron chi connectivity index (χ2n) is 8.12. The van der Waals surface area contributed by atoms with Gasteiger partial charge in [0.15, 0.2) is 0 Å². The first-order chi connectivity index (χ1) is 12.8. The van der Waals surface area contributed by atoms with Crippen molar-refractivity contribution < 1.29 is 0 Å². The number of fused-ring (bicyclic) bond motifs is 2. The molecule has 5 rings (SSSR count). The van der Waals surface area contributed by atoms with Gasteiger partial charge in [0.2, 0.25) is 0 Å². The summed E-state index contributed by atoms with van der Waals surface area (Å²) in [6, 6.07) is 21.8. The molecule has 2 saturated carbocycles. The van der Waals surface area contributed by atoms with Crippen LogP contribution in [0.4, 0.5) is 0 Å². The molecule has 2 aliphatic rings. The molecule has 0 aliphatic heterocycles. The molecule has 1 heteroatoms. The van der Waals surface area contributed by atoms with Crippen molar-refractivity contribution in [2.24, 2.45) is 11.8 Å². The van der Waals surface area contributed by atoms with Gasteiger partial charge in [-0.15, -0.1) is 0 Å². The van der Waals surface area contributed by atoms with Crippen molar-refractivity contribution in [3.8, 4) is 22.4 Å². The third kappa shape index (κ3) is 2.67. The maximum Gasteiger partial charge on any atom is 0.0707 e. The number of nitrogens with zero attached hydrogens (tertiary/aromatic N) is 1. The van der Waals surface area contributed by atoms with Gasteiger partial charge in [-0.2, -0.15) is 0 Å². The van der Waals surface area contributed by atoms with Crippen molar-refractivity contribution in [1.82, 2.24) is 4.98 Å². The van der Waals surface area contributed by atoms with Crippen LogP contribution in [0.3, 0.4) is 0 Å². The smallest absolute Gasteiger partial charge is 0.0707 e. The van der Waals surface area contributed by atoms with Crippen molar-refractivity contribution in [3.05, 3.63) is 78.0 Å². The van der Waals surface area contributed by atoms with Crippen LogP contribution in [0.5, 0.6) is 0 Å². The largest absolute Gasteiger partial charge is 0.256 e. The van der Waals surface area contributed by atoms with Crippen molar-refractivity contribution >= 4 is 0 Å². The summed E-state index contributed by atoms with van der Waals surface area (Å²) >= 11 is 0. The third-order valence-corrected chi connectivity index (χ3v) is 6.58. The molecule has 2 aliphatic carbocycles. The van der Waals surface area contributed by atoms with Gasteiger partial charge in [-0.25, -0.2) is 0 Å². The lowest BCUT2D eigenvalue weighted by Crippen LogP contribution is -2.10. The zero-order valence-corrected chi connectivity index (χ0v) is 15.4. The third-order valence-electron chi connectivity index (χ3n) is 6.58. The molecular weight excluding hydrogens is 314 g/mol. The van der Waals surface area contributed by atoms with Gasteiger partial charge in [0.1, 0.15) is 0 Å². The van der Waals surface area contributed by atoms with Crippen LogP contribution in [-0.4, -0.2) is 4.98 Å².